The number of ether oxygens (including phenoxy) is 1. The molecule has 314 valence electrons. The molecule has 12 nitrogen and oxygen atoms in total. The zero-order chi connectivity index (χ0) is 42.9. The maximum Gasteiger partial charge on any atom is 0.303 e. The van der Waals surface area contributed by atoms with Gasteiger partial charge in [0.15, 0.2) is 0 Å². The van der Waals surface area contributed by atoms with Crippen molar-refractivity contribution in [2.45, 2.75) is 64.9 Å². The van der Waals surface area contributed by atoms with Crippen LogP contribution in [0.1, 0.15) is 68.1 Å². The van der Waals surface area contributed by atoms with E-state index in [1.807, 2.05) is 61.5 Å². The number of anilines is 1. The van der Waals surface area contributed by atoms with E-state index in [1.54, 1.807) is 48.2 Å². The maximum absolute atomic E-state index is 15.3. The molecule has 61 heavy (non-hydrogen) atoms. The Balaban J connectivity index is 1.09. The molecule has 3 fully saturated rings. The Hall–Kier alpha value is -5.79. The van der Waals surface area contributed by atoms with Gasteiger partial charge in [-0.1, -0.05) is 66.1 Å². The van der Waals surface area contributed by atoms with E-state index in [-0.39, 0.29) is 50.0 Å². The number of carbonyl (C=O) groups excluding carboxylic acids is 4. The minimum atomic E-state index is -1.39. The van der Waals surface area contributed by atoms with Crippen molar-refractivity contribution in [3.8, 4) is 22.1 Å². The van der Waals surface area contributed by atoms with Crippen LogP contribution in [0.2, 0.25) is 5.02 Å². The van der Waals surface area contributed by atoms with Crippen LogP contribution in [0, 0.1) is 36.0 Å². The fraction of sp³-hybridized carbons (Fsp3) is 0.362. The van der Waals surface area contributed by atoms with Gasteiger partial charge in [0.2, 0.25) is 23.6 Å². The van der Waals surface area contributed by atoms with Gasteiger partial charge in [-0.15, -0.1) is 11.3 Å². The minimum Gasteiger partial charge on any atom is -0.508 e. The third-order valence-electron chi connectivity index (χ3n) is 13.4. The van der Waals surface area contributed by atoms with Gasteiger partial charge in [-0.25, -0.2) is 4.90 Å². The highest BCUT2D eigenvalue weighted by Crippen LogP contribution is 2.64. The molecule has 2 aliphatic carbocycles. The Kier molecular flexibility index (Phi) is 10.4. The molecule has 4 amide bonds. The number of nitrogens with zero attached hydrogens (tertiary/aromatic N) is 4. The molecule has 14 heteroatoms. The van der Waals surface area contributed by atoms with Crippen molar-refractivity contribution in [3.63, 3.8) is 0 Å². The van der Waals surface area contributed by atoms with E-state index >= 15 is 9.59 Å². The molecule has 2 N–H and O–H groups in total. The fourth-order valence-electron chi connectivity index (χ4n) is 10.4. The lowest BCUT2D eigenvalue weighted by Crippen LogP contribution is -2.49. The van der Waals surface area contributed by atoms with Gasteiger partial charge in [-0.2, -0.15) is 5.10 Å². The van der Waals surface area contributed by atoms with Crippen LogP contribution in [0.25, 0.3) is 20.7 Å². The van der Waals surface area contributed by atoms with E-state index in [4.69, 9.17) is 26.5 Å². The number of unbranched alkanes of at least 4 members (excludes halogenated alkanes) is 2. The summed E-state index contributed by atoms with van der Waals surface area (Å²) in [7, 11) is 1.70. The van der Waals surface area contributed by atoms with Crippen molar-refractivity contribution in [1.29, 1.82) is 0 Å². The van der Waals surface area contributed by atoms with Crippen LogP contribution < -0.4 is 9.64 Å². The van der Waals surface area contributed by atoms with Crippen LogP contribution in [0.4, 0.5) is 5.82 Å². The largest absolute Gasteiger partial charge is 0.508 e. The number of thiophene rings is 1. The summed E-state index contributed by atoms with van der Waals surface area (Å²) in [5.74, 6) is -5.40. The number of carboxylic acids is 1. The molecule has 4 aliphatic rings. The number of aryl methyl sites for hydroxylation is 2. The average molecular weight is 861 g/mol. The molecule has 5 aromatic rings. The lowest BCUT2D eigenvalue weighted by Gasteiger charge is -2.49. The lowest BCUT2D eigenvalue weighted by atomic mass is 9.51. The van der Waals surface area contributed by atoms with Crippen LogP contribution in [0.15, 0.2) is 84.4 Å². The predicted molar refractivity (Wildman–Crippen MR) is 230 cm³/mol. The van der Waals surface area contributed by atoms with Gasteiger partial charge in [0.25, 0.3) is 0 Å². The molecule has 2 aromatic heterocycles. The molecular weight excluding hydrogens is 816 g/mol. The number of imide groups is 2. The number of phenolic OH excluding ortho intramolecular Hbond substituents is 1. The summed E-state index contributed by atoms with van der Waals surface area (Å²) in [5.41, 5.74) is 2.32. The number of hydrogen-bond donors (Lipinski definition) is 2. The smallest absolute Gasteiger partial charge is 0.303 e. The Bertz CT molecular complexity index is 2670. The van der Waals surface area contributed by atoms with E-state index in [9.17, 15) is 19.5 Å². The molecule has 0 spiro atoms. The summed E-state index contributed by atoms with van der Waals surface area (Å²) in [6.45, 7) is 4.23. The number of halogens is 1. The Labute approximate surface area is 361 Å². The molecule has 9 rings (SSSR count). The lowest BCUT2D eigenvalue weighted by molar-refractivity contribution is -0.141. The van der Waals surface area contributed by atoms with E-state index in [0.717, 1.165) is 31.7 Å². The fourth-order valence-corrected chi connectivity index (χ4v) is 11.7. The number of allylic oxidation sites excluding steroid dienone is 2. The molecule has 4 heterocycles. The standard InChI is InChI=1S/C47H45ClN4O8S/c1-25-32-20-27(48)13-18-37(32)61-42(25)35-23-38(50(3)49-35)52-44(57)34-22-33-29(16-17-31-40(33)45(58)51(43(31)56)19-9-5-8-12-39(54)55)41(47(34,2)46(52)59)30-15-14-28(21-36(30)53)60-24-26-10-6-4-7-11-26/h4,6-7,10-11,13-16,18,20-21,23,31,33-34,40-41,53H,5,8-9,12,17,19,22,24H2,1-3H3,(H,54,55)/t31-,33+,34-,40-,41+,47+/m0/s1. The van der Waals surface area contributed by atoms with E-state index in [2.05, 4.69) is 0 Å². The quantitative estimate of drug-likeness (QED) is 0.0714. The zero-order valence-corrected chi connectivity index (χ0v) is 35.5. The van der Waals surface area contributed by atoms with Crippen LogP contribution in [-0.2, 0) is 37.6 Å². The first-order valence-electron chi connectivity index (χ1n) is 20.7. The van der Waals surface area contributed by atoms with Gasteiger partial charge in [-0.3, -0.25) is 33.6 Å². The number of aromatic hydroxyl groups is 1. The summed E-state index contributed by atoms with van der Waals surface area (Å²) in [6, 6.07) is 22.1. The monoisotopic (exact) mass is 860 g/mol. The summed E-state index contributed by atoms with van der Waals surface area (Å²) >= 11 is 7.89. The molecule has 0 unspecified atom stereocenters. The maximum atomic E-state index is 15.3. The van der Waals surface area contributed by atoms with E-state index in [0.29, 0.717) is 47.1 Å². The number of aliphatic carboxylic acids is 1. The van der Waals surface area contributed by atoms with Crippen molar-refractivity contribution in [3.05, 3.63) is 106 Å². The molecule has 0 radical (unpaired) electrons. The molecule has 2 aliphatic heterocycles. The van der Waals surface area contributed by atoms with Crippen LogP contribution >= 0.6 is 22.9 Å². The van der Waals surface area contributed by atoms with Gasteiger partial charge >= 0.3 is 5.97 Å². The van der Waals surface area contributed by atoms with Gasteiger partial charge in [0, 0.05) is 53.3 Å². The van der Waals surface area contributed by atoms with Crippen molar-refractivity contribution in [2.24, 2.45) is 36.1 Å². The van der Waals surface area contributed by atoms with Crippen LogP contribution in [0.3, 0.4) is 0 Å². The van der Waals surface area contributed by atoms with E-state index < -0.39 is 52.8 Å². The van der Waals surface area contributed by atoms with Crippen molar-refractivity contribution >= 4 is 68.4 Å². The second-order valence-electron chi connectivity index (χ2n) is 16.9. The number of phenols is 1. The minimum absolute atomic E-state index is 0.0149. The van der Waals surface area contributed by atoms with Crippen molar-refractivity contribution in [2.75, 3.05) is 11.4 Å². The number of fused-ring (bicyclic) bond motifs is 5. The molecule has 0 bridgehead atoms. The topological polar surface area (TPSA) is 159 Å². The second-order valence-corrected chi connectivity index (χ2v) is 18.4. The second kappa shape index (κ2) is 15.6. The highest BCUT2D eigenvalue weighted by atomic mass is 35.5. The normalized spacial score (nSPS) is 24.6. The molecule has 2 saturated heterocycles. The van der Waals surface area contributed by atoms with E-state index in [1.165, 1.54) is 15.9 Å². The van der Waals surface area contributed by atoms with Crippen LogP contribution in [-0.4, -0.2) is 61.0 Å². The number of benzene rings is 3. The molecular formula is C47H45ClN4O8S. The number of likely N-dealkylation sites (tertiary alicyclic amines) is 1. The number of hydrogen-bond acceptors (Lipinski definition) is 9. The summed E-state index contributed by atoms with van der Waals surface area (Å²) in [4.78, 5) is 73.0. The zero-order valence-electron chi connectivity index (χ0n) is 34.0. The SMILES string of the molecule is Cc1c(-c2cc(N3C(=O)[C@@H]4C[C@@H]5C(=CC[C@@H]6C(=O)N(CCCCCC(=O)O)C(=O)[C@@H]65)[C@H](c5ccc(OCc6ccccc6)cc5O)[C@]4(C)C3=O)n(C)n2)sc2ccc(Cl)cc12. The van der Waals surface area contributed by atoms with Crippen molar-refractivity contribution < 1.29 is 38.9 Å². The van der Waals surface area contributed by atoms with Gasteiger partial charge < -0.3 is 14.9 Å². The first-order valence-corrected chi connectivity index (χ1v) is 21.8. The summed E-state index contributed by atoms with van der Waals surface area (Å²) in [6.07, 6.45) is 3.87. The number of aromatic nitrogens is 2. The van der Waals surface area contributed by atoms with Gasteiger partial charge in [0.1, 0.15) is 29.6 Å². The Morgan fingerprint density at radius 1 is 0.967 bits per heavy atom. The van der Waals surface area contributed by atoms with Gasteiger partial charge in [0.05, 0.1) is 28.0 Å². The van der Waals surface area contributed by atoms with Crippen molar-refractivity contribution in [1.82, 2.24) is 14.7 Å². The third-order valence-corrected chi connectivity index (χ3v) is 14.9. The summed E-state index contributed by atoms with van der Waals surface area (Å²) < 4.78 is 8.62. The average Bonchev–Trinajstić information content (AvgIpc) is 3.91. The predicted octanol–water partition coefficient (Wildman–Crippen LogP) is 8.42. The number of rotatable bonds is 12. The summed E-state index contributed by atoms with van der Waals surface area (Å²) in [5, 5.41) is 27.4. The Morgan fingerprint density at radius 2 is 1.75 bits per heavy atom. The third kappa shape index (κ3) is 6.73. The molecule has 6 atom stereocenters. The highest BCUT2D eigenvalue weighted by molar-refractivity contribution is 7.22. The number of amides is 4. The number of carboxylic acid groups (broad SMARTS) is 1. The van der Waals surface area contributed by atoms with Crippen LogP contribution in [0.5, 0.6) is 11.5 Å². The van der Waals surface area contributed by atoms with Gasteiger partial charge in [-0.05, 0) is 86.2 Å². The molecule has 1 saturated carbocycles. The first kappa shape index (κ1) is 40.6. The Morgan fingerprint density at radius 3 is 2.51 bits per heavy atom. The first-order chi connectivity index (χ1) is 29.3. The molecule has 3 aromatic carbocycles. The number of carbonyl (C=O) groups is 5. The highest BCUT2D eigenvalue weighted by Gasteiger charge is 2.68.